The van der Waals surface area contributed by atoms with E-state index in [2.05, 4.69) is 27.3 Å². The lowest BCUT2D eigenvalue weighted by Gasteiger charge is -2.29. The molecule has 1 saturated carbocycles. The first kappa shape index (κ1) is 24.5. The van der Waals surface area contributed by atoms with Crippen molar-refractivity contribution >= 4 is 5.95 Å². The maximum absolute atomic E-state index is 13.4. The minimum atomic E-state index is -4.91. The fraction of sp³-hybridized carbons (Fsp3) is 0.458. The molecule has 1 aliphatic heterocycles. The number of halogens is 6. The number of aryl methyl sites for hydroxylation is 1. The van der Waals surface area contributed by atoms with Crippen LogP contribution in [0.15, 0.2) is 43.0 Å². The monoisotopic (exact) mass is 510 g/mol. The lowest BCUT2D eigenvalue weighted by Crippen LogP contribution is -2.37. The summed E-state index contributed by atoms with van der Waals surface area (Å²) in [5.74, 6) is 0.689. The highest BCUT2D eigenvalue weighted by Gasteiger charge is 2.56. The predicted molar refractivity (Wildman–Crippen MR) is 120 cm³/mol. The van der Waals surface area contributed by atoms with Crippen LogP contribution in [0.2, 0.25) is 0 Å². The fourth-order valence-corrected chi connectivity index (χ4v) is 4.98. The van der Waals surface area contributed by atoms with Gasteiger partial charge in [-0.25, -0.2) is 9.97 Å². The van der Waals surface area contributed by atoms with E-state index in [-0.39, 0.29) is 35.7 Å². The Morgan fingerprint density at radius 1 is 0.972 bits per heavy atom. The molecule has 1 N–H and O–H groups in total. The van der Waals surface area contributed by atoms with E-state index >= 15 is 0 Å². The van der Waals surface area contributed by atoms with Gasteiger partial charge in [-0.3, -0.25) is 4.68 Å². The third kappa shape index (κ3) is 4.78. The van der Waals surface area contributed by atoms with Gasteiger partial charge in [-0.1, -0.05) is 6.92 Å². The summed E-state index contributed by atoms with van der Waals surface area (Å²) < 4.78 is 82.2. The van der Waals surface area contributed by atoms with Gasteiger partial charge in [0.2, 0.25) is 5.95 Å². The Kier molecular flexibility index (Phi) is 5.77. The van der Waals surface area contributed by atoms with Crippen LogP contribution in [0.3, 0.4) is 0 Å². The minimum Gasteiger partial charge on any atom is -0.332 e. The van der Waals surface area contributed by atoms with Crippen molar-refractivity contribution in [2.75, 3.05) is 11.4 Å². The molecule has 6 nitrogen and oxygen atoms in total. The first-order valence-electron chi connectivity index (χ1n) is 11.5. The average Bonchev–Trinajstić information content (AvgIpc) is 3.13. The first-order valence-corrected chi connectivity index (χ1v) is 11.5. The van der Waals surface area contributed by atoms with E-state index in [9.17, 15) is 26.3 Å². The van der Waals surface area contributed by atoms with Crippen molar-refractivity contribution in [3.05, 3.63) is 59.7 Å². The highest BCUT2D eigenvalue weighted by atomic mass is 19.4. The molecule has 3 aromatic rings. The van der Waals surface area contributed by atoms with Crippen LogP contribution in [-0.4, -0.2) is 37.9 Å². The van der Waals surface area contributed by atoms with Gasteiger partial charge in [0.25, 0.3) is 0 Å². The van der Waals surface area contributed by atoms with Gasteiger partial charge in [0, 0.05) is 61.4 Å². The van der Waals surface area contributed by atoms with E-state index in [1.54, 1.807) is 41.4 Å². The van der Waals surface area contributed by atoms with E-state index in [0.29, 0.717) is 24.4 Å². The molecule has 0 bridgehead atoms. The number of aromatic nitrogens is 4. The molecule has 1 aromatic carbocycles. The summed E-state index contributed by atoms with van der Waals surface area (Å²) in [4.78, 5) is 10.6. The number of hydrogen-bond donors (Lipinski definition) is 1. The maximum Gasteiger partial charge on any atom is 0.416 e. The zero-order valence-corrected chi connectivity index (χ0v) is 19.5. The van der Waals surface area contributed by atoms with Gasteiger partial charge in [-0.2, -0.15) is 31.4 Å². The van der Waals surface area contributed by atoms with Crippen LogP contribution in [0, 0.1) is 5.92 Å². The average molecular weight is 510 g/mol. The number of nitrogens with zero attached hydrogens (tertiary/aromatic N) is 5. The highest BCUT2D eigenvalue weighted by Crippen LogP contribution is 2.50. The third-order valence-corrected chi connectivity index (χ3v) is 7.12. The van der Waals surface area contributed by atoms with Crippen LogP contribution >= 0.6 is 0 Å². The van der Waals surface area contributed by atoms with Crippen LogP contribution in [0.4, 0.5) is 32.3 Å². The second-order valence-corrected chi connectivity index (χ2v) is 9.72. The number of anilines is 1. The number of nitrogens with one attached hydrogen (secondary N) is 1. The summed E-state index contributed by atoms with van der Waals surface area (Å²) >= 11 is 0. The summed E-state index contributed by atoms with van der Waals surface area (Å²) in [7, 11) is 1.77. The zero-order valence-electron chi connectivity index (χ0n) is 19.5. The second kappa shape index (κ2) is 8.46. The van der Waals surface area contributed by atoms with Crippen molar-refractivity contribution in [2.45, 2.75) is 50.2 Å². The van der Waals surface area contributed by atoms with E-state index in [1.165, 1.54) is 0 Å². The van der Waals surface area contributed by atoms with Crippen LogP contribution in [0.1, 0.15) is 36.5 Å². The Balaban J connectivity index is 1.50. The van der Waals surface area contributed by atoms with E-state index < -0.39 is 23.5 Å². The maximum atomic E-state index is 13.4. The highest BCUT2D eigenvalue weighted by molar-refractivity contribution is 5.60. The van der Waals surface area contributed by atoms with Gasteiger partial charge in [-0.05, 0) is 42.5 Å². The summed E-state index contributed by atoms with van der Waals surface area (Å²) in [6.07, 6.45) is -1.55. The largest absolute Gasteiger partial charge is 0.416 e. The first-order chi connectivity index (χ1) is 16.8. The van der Waals surface area contributed by atoms with E-state index in [1.807, 2.05) is 0 Å². The van der Waals surface area contributed by atoms with Crippen molar-refractivity contribution in [2.24, 2.45) is 13.0 Å². The second-order valence-electron chi connectivity index (χ2n) is 9.72. The summed E-state index contributed by atoms with van der Waals surface area (Å²) in [6.45, 7) is 2.44. The topological polar surface area (TPSA) is 58.9 Å². The summed E-state index contributed by atoms with van der Waals surface area (Å²) in [5, 5.41) is 7.60. The Hall–Kier alpha value is -3.15. The number of benzene rings is 1. The lowest BCUT2D eigenvalue weighted by atomic mass is 10.0. The molecular weight excluding hydrogens is 486 g/mol. The summed E-state index contributed by atoms with van der Waals surface area (Å²) in [5.41, 5.74) is -1.35. The van der Waals surface area contributed by atoms with E-state index in [4.69, 9.17) is 0 Å². The SMILES string of the molecule is C[C@H]1CC12C[C@H](N(Cc1cc(C(F)(F)F)cc(C(F)(F)F)c1)c1ncc(-c3cnn(C)c3)cn1)CN2. The van der Waals surface area contributed by atoms with Crippen LogP contribution in [-0.2, 0) is 25.9 Å². The molecule has 5 rings (SSSR count). The Bertz CT molecular complexity index is 1220. The van der Waals surface area contributed by atoms with Gasteiger partial charge in [0.1, 0.15) is 0 Å². The molecule has 2 fully saturated rings. The van der Waals surface area contributed by atoms with Gasteiger partial charge in [-0.15, -0.1) is 0 Å². The Morgan fingerprint density at radius 3 is 2.06 bits per heavy atom. The predicted octanol–water partition coefficient (Wildman–Crippen LogP) is 5.06. The quantitative estimate of drug-likeness (QED) is 0.487. The fourth-order valence-electron chi connectivity index (χ4n) is 4.98. The third-order valence-electron chi connectivity index (χ3n) is 7.12. The molecule has 36 heavy (non-hydrogen) atoms. The summed E-state index contributed by atoms with van der Waals surface area (Å²) in [6, 6.07) is 1.49. The zero-order chi connectivity index (χ0) is 25.9. The number of hydrogen-bond acceptors (Lipinski definition) is 5. The molecule has 192 valence electrons. The molecule has 0 amide bonds. The van der Waals surface area contributed by atoms with Crippen LogP contribution in [0.5, 0.6) is 0 Å². The van der Waals surface area contributed by atoms with Crippen LogP contribution in [0.25, 0.3) is 11.1 Å². The lowest BCUT2D eigenvalue weighted by molar-refractivity contribution is -0.143. The molecule has 2 aromatic heterocycles. The molecule has 1 aliphatic carbocycles. The molecule has 0 radical (unpaired) electrons. The Labute approximate surface area is 203 Å². The molecule has 3 atom stereocenters. The van der Waals surface area contributed by atoms with Gasteiger partial charge >= 0.3 is 12.4 Å². The molecule has 1 unspecified atom stereocenters. The number of rotatable bonds is 5. The molecule has 2 aliphatic rings. The van der Waals surface area contributed by atoms with E-state index in [0.717, 1.165) is 24.1 Å². The van der Waals surface area contributed by atoms with Gasteiger partial charge < -0.3 is 10.2 Å². The van der Waals surface area contributed by atoms with Crippen molar-refractivity contribution in [3.8, 4) is 11.1 Å². The van der Waals surface area contributed by atoms with Crippen LogP contribution < -0.4 is 10.2 Å². The van der Waals surface area contributed by atoms with Gasteiger partial charge in [0.15, 0.2) is 0 Å². The normalized spacial score (nSPS) is 23.9. The molecule has 1 spiro atoms. The van der Waals surface area contributed by atoms with Crippen molar-refractivity contribution < 1.29 is 26.3 Å². The number of alkyl halides is 6. The Morgan fingerprint density at radius 2 is 1.58 bits per heavy atom. The molecule has 1 saturated heterocycles. The molecule has 12 heteroatoms. The minimum absolute atomic E-state index is 0.0521. The standard InChI is InChI=1S/C24H24F6N6/c1-14-6-22(14)7-20(11-33-22)36(21-31-8-16(9-32-21)17-10-34-35(2)13-17)12-15-3-18(23(25,26)27)5-19(4-15)24(28,29)30/h3-5,8-10,13-14,20,33H,6-7,11-12H2,1-2H3/t14-,20-,22?/m0/s1. The van der Waals surface area contributed by atoms with Gasteiger partial charge in [0.05, 0.1) is 17.3 Å². The van der Waals surface area contributed by atoms with Crippen molar-refractivity contribution in [3.63, 3.8) is 0 Å². The van der Waals surface area contributed by atoms with Crippen molar-refractivity contribution in [1.29, 1.82) is 0 Å². The van der Waals surface area contributed by atoms with Crippen molar-refractivity contribution in [1.82, 2.24) is 25.1 Å². The molecular formula is C24H24F6N6. The molecule has 3 heterocycles. The smallest absolute Gasteiger partial charge is 0.332 e.